The molecule has 130 valence electrons. The van der Waals surface area contributed by atoms with E-state index >= 15 is 0 Å². The number of hydrogen-bond donors (Lipinski definition) is 1. The standard InChI is InChI=1S/C19H20N2O3S/c1-24-17-12-15(25-2)8-9-16(17)19(23)20-13-5-3-6-14(11-13)21-10-4-7-18(21)22/h3,5-6,8-9,11-12H,4,7,10H2,1-2H3,(H,20,23). The number of benzene rings is 2. The van der Waals surface area contributed by atoms with E-state index in [4.69, 9.17) is 4.74 Å². The number of hydrogen-bond acceptors (Lipinski definition) is 4. The van der Waals surface area contributed by atoms with Crippen LogP contribution in [-0.4, -0.2) is 31.7 Å². The van der Waals surface area contributed by atoms with E-state index in [1.165, 1.54) is 0 Å². The third-order valence-electron chi connectivity index (χ3n) is 4.14. The summed E-state index contributed by atoms with van der Waals surface area (Å²) in [5.41, 5.74) is 1.94. The summed E-state index contributed by atoms with van der Waals surface area (Å²) in [5, 5.41) is 2.89. The number of nitrogens with zero attached hydrogens (tertiary/aromatic N) is 1. The van der Waals surface area contributed by atoms with Crippen molar-refractivity contribution in [3.63, 3.8) is 0 Å². The van der Waals surface area contributed by atoms with Gasteiger partial charge in [-0.1, -0.05) is 6.07 Å². The quantitative estimate of drug-likeness (QED) is 0.828. The summed E-state index contributed by atoms with van der Waals surface area (Å²) < 4.78 is 5.34. The molecule has 0 atom stereocenters. The van der Waals surface area contributed by atoms with Crippen molar-refractivity contribution in [1.29, 1.82) is 0 Å². The van der Waals surface area contributed by atoms with Crippen LogP contribution < -0.4 is 15.0 Å². The van der Waals surface area contributed by atoms with E-state index in [9.17, 15) is 9.59 Å². The minimum absolute atomic E-state index is 0.123. The maximum absolute atomic E-state index is 12.6. The number of methoxy groups -OCH3 is 1. The van der Waals surface area contributed by atoms with E-state index in [0.29, 0.717) is 23.4 Å². The van der Waals surface area contributed by atoms with Gasteiger partial charge < -0.3 is 15.0 Å². The molecule has 3 rings (SSSR count). The molecule has 1 aliphatic rings. The molecule has 2 aromatic rings. The Morgan fingerprint density at radius 2 is 2.08 bits per heavy atom. The first kappa shape index (κ1) is 17.4. The molecule has 6 heteroatoms. The number of rotatable bonds is 5. The highest BCUT2D eigenvalue weighted by Gasteiger charge is 2.22. The number of carbonyl (C=O) groups excluding carboxylic acids is 2. The minimum atomic E-state index is -0.241. The Labute approximate surface area is 151 Å². The van der Waals surface area contributed by atoms with Gasteiger partial charge in [0.05, 0.1) is 12.7 Å². The molecule has 0 unspecified atom stereocenters. The van der Waals surface area contributed by atoms with Crippen molar-refractivity contribution in [2.24, 2.45) is 0 Å². The van der Waals surface area contributed by atoms with Gasteiger partial charge in [-0.2, -0.15) is 0 Å². The van der Waals surface area contributed by atoms with Gasteiger partial charge in [-0.3, -0.25) is 9.59 Å². The molecule has 0 saturated carbocycles. The second kappa shape index (κ2) is 7.61. The number of carbonyl (C=O) groups is 2. The van der Waals surface area contributed by atoms with Crippen molar-refractivity contribution in [3.05, 3.63) is 48.0 Å². The van der Waals surface area contributed by atoms with E-state index in [-0.39, 0.29) is 11.8 Å². The SMILES string of the molecule is COc1cc(SC)ccc1C(=O)Nc1cccc(N2CCCC2=O)c1. The predicted molar refractivity (Wildman–Crippen MR) is 101 cm³/mol. The van der Waals surface area contributed by atoms with Gasteiger partial charge >= 0.3 is 0 Å². The topological polar surface area (TPSA) is 58.6 Å². The molecule has 1 saturated heterocycles. The molecule has 5 nitrogen and oxygen atoms in total. The monoisotopic (exact) mass is 356 g/mol. The fourth-order valence-electron chi connectivity index (χ4n) is 2.86. The molecule has 1 N–H and O–H groups in total. The van der Waals surface area contributed by atoms with Crippen LogP contribution in [-0.2, 0) is 4.79 Å². The van der Waals surface area contributed by atoms with Gasteiger partial charge in [0.2, 0.25) is 5.91 Å². The molecule has 0 aromatic heterocycles. The first-order chi connectivity index (χ1) is 12.1. The van der Waals surface area contributed by atoms with Crippen molar-refractivity contribution in [3.8, 4) is 5.75 Å². The van der Waals surface area contributed by atoms with Crippen molar-refractivity contribution in [2.75, 3.05) is 30.1 Å². The fraction of sp³-hybridized carbons (Fsp3) is 0.263. The predicted octanol–water partition coefficient (Wildman–Crippen LogP) is 3.80. The maximum atomic E-state index is 12.6. The summed E-state index contributed by atoms with van der Waals surface area (Å²) in [6, 6.07) is 12.8. The van der Waals surface area contributed by atoms with Crippen LogP contribution >= 0.6 is 11.8 Å². The van der Waals surface area contributed by atoms with Crippen LogP contribution in [0.3, 0.4) is 0 Å². The van der Waals surface area contributed by atoms with Crippen LogP contribution in [0, 0.1) is 0 Å². The number of thioether (sulfide) groups is 1. The molecule has 0 aliphatic carbocycles. The van der Waals surface area contributed by atoms with Gasteiger partial charge in [0.25, 0.3) is 5.91 Å². The molecule has 2 amide bonds. The Morgan fingerprint density at radius 3 is 2.76 bits per heavy atom. The van der Waals surface area contributed by atoms with E-state index < -0.39 is 0 Å². The molecule has 1 fully saturated rings. The van der Waals surface area contributed by atoms with Crippen LogP contribution in [0.1, 0.15) is 23.2 Å². The van der Waals surface area contributed by atoms with E-state index in [1.54, 1.807) is 29.8 Å². The Morgan fingerprint density at radius 1 is 1.24 bits per heavy atom. The summed E-state index contributed by atoms with van der Waals surface area (Å²) in [6.45, 7) is 0.722. The molecule has 2 aromatic carbocycles. The van der Waals surface area contributed by atoms with Gasteiger partial charge in [0.15, 0.2) is 0 Å². The van der Waals surface area contributed by atoms with Crippen molar-refractivity contribution in [1.82, 2.24) is 0 Å². The van der Waals surface area contributed by atoms with Crippen LogP contribution in [0.4, 0.5) is 11.4 Å². The molecule has 0 bridgehead atoms. The average molecular weight is 356 g/mol. The normalized spacial score (nSPS) is 13.8. The molecule has 0 radical (unpaired) electrons. The van der Waals surface area contributed by atoms with Crippen molar-refractivity contribution in [2.45, 2.75) is 17.7 Å². The number of anilines is 2. The number of ether oxygens (including phenoxy) is 1. The van der Waals surface area contributed by atoms with E-state index in [1.807, 2.05) is 42.7 Å². The highest BCUT2D eigenvalue weighted by Crippen LogP contribution is 2.27. The highest BCUT2D eigenvalue weighted by molar-refractivity contribution is 7.98. The Bertz CT molecular complexity index is 807. The summed E-state index contributed by atoms with van der Waals surface area (Å²) in [7, 11) is 1.55. The number of amides is 2. The molecule has 1 heterocycles. The van der Waals surface area contributed by atoms with Crippen LogP contribution in [0.15, 0.2) is 47.4 Å². The lowest BCUT2D eigenvalue weighted by Crippen LogP contribution is -2.23. The van der Waals surface area contributed by atoms with Gasteiger partial charge in [0, 0.05) is 29.2 Å². The average Bonchev–Trinajstić information content (AvgIpc) is 3.07. The lowest BCUT2D eigenvalue weighted by Gasteiger charge is -2.17. The van der Waals surface area contributed by atoms with Crippen molar-refractivity contribution < 1.29 is 14.3 Å². The Hall–Kier alpha value is -2.47. The van der Waals surface area contributed by atoms with Gasteiger partial charge in [0.1, 0.15) is 5.75 Å². The smallest absolute Gasteiger partial charge is 0.259 e. The zero-order valence-electron chi connectivity index (χ0n) is 14.2. The summed E-state index contributed by atoms with van der Waals surface area (Å²) in [6.07, 6.45) is 3.42. The molecule has 1 aliphatic heterocycles. The minimum Gasteiger partial charge on any atom is -0.496 e. The summed E-state index contributed by atoms with van der Waals surface area (Å²) in [4.78, 5) is 27.3. The lowest BCUT2D eigenvalue weighted by atomic mass is 10.1. The maximum Gasteiger partial charge on any atom is 0.259 e. The third kappa shape index (κ3) is 3.79. The number of nitrogens with one attached hydrogen (secondary N) is 1. The fourth-order valence-corrected chi connectivity index (χ4v) is 3.29. The molecular weight excluding hydrogens is 336 g/mol. The summed E-state index contributed by atoms with van der Waals surface area (Å²) in [5.74, 6) is 0.419. The second-order valence-corrected chi connectivity index (χ2v) is 6.60. The van der Waals surface area contributed by atoms with Crippen LogP contribution in [0.2, 0.25) is 0 Å². The molecule has 25 heavy (non-hydrogen) atoms. The largest absolute Gasteiger partial charge is 0.496 e. The van der Waals surface area contributed by atoms with Gasteiger partial charge in [-0.05, 0) is 49.1 Å². The van der Waals surface area contributed by atoms with Gasteiger partial charge in [-0.15, -0.1) is 11.8 Å². The zero-order valence-corrected chi connectivity index (χ0v) is 15.1. The first-order valence-corrected chi connectivity index (χ1v) is 9.28. The van der Waals surface area contributed by atoms with Crippen LogP contribution in [0.25, 0.3) is 0 Å². The first-order valence-electron chi connectivity index (χ1n) is 8.06. The summed E-state index contributed by atoms with van der Waals surface area (Å²) >= 11 is 1.59. The molecular formula is C19H20N2O3S. The highest BCUT2D eigenvalue weighted by atomic mass is 32.2. The Balaban J connectivity index is 1.80. The Kier molecular flexibility index (Phi) is 5.28. The lowest BCUT2D eigenvalue weighted by molar-refractivity contribution is -0.117. The zero-order chi connectivity index (χ0) is 17.8. The second-order valence-electron chi connectivity index (χ2n) is 5.72. The van der Waals surface area contributed by atoms with Crippen molar-refractivity contribution >= 4 is 35.0 Å². The third-order valence-corrected chi connectivity index (χ3v) is 4.87. The van der Waals surface area contributed by atoms with E-state index in [2.05, 4.69) is 5.32 Å². The van der Waals surface area contributed by atoms with E-state index in [0.717, 1.165) is 23.5 Å². The van der Waals surface area contributed by atoms with Gasteiger partial charge in [-0.25, -0.2) is 0 Å². The molecule has 0 spiro atoms. The van der Waals surface area contributed by atoms with Crippen LogP contribution in [0.5, 0.6) is 5.75 Å².